The Balaban J connectivity index is 1.76. The minimum absolute atomic E-state index is 0.382. The molecule has 2 nitrogen and oxygen atoms in total. The first-order valence-corrected chi connectivity index (χ1v) is 9.18. The van der Waals surface area contributed by atoms with Crippen LogP contribution >= 0.6 is 11.8 Å². The van der Waals surface area contributed by atoms with Crippen molar-refractivity contribution in [2.24, 2.45) is 0 Å². The van der Waals surface area contributed by atoms with Gasteiger partial charge in [-0.25, -0.2) is 0 Å². The van der Waals surface area contributed by atoms with E-state index in [-0.39, 0.29) is 0 Å². The van der Waals surface area contributed by atoms with Gasteiger partial charge in [0.2, 0.25) is 0 Å². The van der Waals surface area contributed by atoms with Crippen LogP contribution in [0.15, 0.2) is 29.2 Å². The van der Waals surface area contributed by atoms with Gasteiger partial charge in [-0.05, 0) is 56.3 Å². The Morgan fingerprint density at radius 3 is 2.50 bits per heavy atom. The van der Waals surface area contributed by atoms with Gasteiger partial charge in [0.1, 0.15) is 0 Å². The molecule has 1 saturated heterocycles. The molecule has 1 aromatic carbocycles. The van der Waals surface area contributed by atoms with Crippen LogP contribution in [0.25, 0.3) is 0 Å². The van der Waals surface area contributed by atoms with E-state index in [1.54, 1.807) is 0 Å². The fourth-order valence-corrected chi connectivity index (χ4v) is 4.11. The van der Waals surface area contributed by atoms with Gasteiger partial charge in [-0.15, -0.1) is 11.8 Å². The topological polar surface area (TPSA) is 15.3 Å². The van der Waals surface area contributed by atoms with E-state index in [1.165, 1.54) is 68.7 Å². The van der Waals surface area contributed by atoms with E-state index in [2.05, 4.69) is 40.7 Å². The molecule has 1 spiro atoms. The van der Waals surface area contributed by atoms with Crippen LogP contribution in [0, 0.1) is 0 Å². The van der Waals surface area contributed by atoms with Crippen molar-refractivity contribution in [2.45, 2.75) is 49.0 Å². The van der Waals surface area contributed by atoms with Crippen LogP contribution in [0.5, 0.6) is 0 Å². The number of anilines is 1. The molecule has 0 amide bonds. The Labute approximate surface area is 127 Å². The highest BCUT2D eigenvalue weighted by Gasteiger charge is 2.34. The summed E-state index contributed by atoms with van der Waals surface area (Å²) in [5.74, 6) is 0. The number of nitrogens with one attached hydrogen (secondary N) is 1. The molecule has 0 bridgehead atoms. The van der Waals surface area contributed by atoms with Gasteiger partial charge in [0, 0.05) is 29.2 Å². The molecule has 1 aromatic rings. The number of hydrogen-bond donors (Lipinski definition) is 1. The van der Waals surface area contributed by atoms with Crippen LogP contribution in [0.3, 0.4) is 0 Å². The van der Waals surface area contributed by atoms with E-state index in [9.17, 15) is 0 Å². The van der Waals surface area contributed by atoms with E-state index in [1.807, 2.05) is 11.8 Å². The number of thioether (sulfide) groups is 1. The second kappa shape index (κ2) is 6.40. The summed E-state index contributed by atoms with van der Waals surface area (Å²) < 4.78 is 0. The molecule has 1 aliphatic heterocycles. The highest BCUT2D eigenvalue weighted by Crippen LogP contribution is 2.32. The van der Waals surface area contributed by atoms with Crippen molar-refractivity contribution in [3.8, 4) is 0 Å². The molecule has 2 aliphatic rings. The van der Waals surface area contributed by atoms with Crippen molar-refractivity contribution >= 4 is 17.4 Å². The normalized spacial score (nSPS) is 22.8. The maximum absolute atomic E-state index is 3.87. The number of rotatable bonds is 2. The Hall–Kier alpha value is -0.670. The number of benzene rings is 1. The fourth-order valence-electron chi connectivity index (χ4n) is 3.70. The van der Waals surface area contributed by atoms with Crippen molar-refractivity contribution in [3.05, 3.63) is 24.3 Å². The molecule has 1 aliphatic carbocycles. The summed E-state index contributed by atoms with van der Waals surface area (Å²) in [5.41, 5.74) is 1.78. The van der Waals surface area contributed by atoms with E-state index >= 15 is 0 Å². The molecule has 3 heteroatoms. The Morgan fingerprint density at radius 1 is 1.05 bits per heavy atom. The summed E-state index contributed by atoms with van der Waals surface area (Å²) in [6.07, 6.45) is 10.3. The zero-order valence-corrected chi connectivity index (χ0v) is 13.3. The molecule has 2 fully saturated rings. The summed E-state index contributed by atoms with van der Waals surface area (Å²) in [5, 5.41) is 3.87. The molecule has 3 rings (SSSR count). The van der Waals surface area contributed by atoms with Crippen molar-refractivity contribution < 1.29 is 0 Å². The standard InChI is InChI=1S/C17H26N2S/c1-20-16-8-6-15(7-9-16)19-13-5-12-18-17(14-19)10-3-2-4-11-17/h6-9,18H,2-5,10-14H2,1H3. The average molecular weight is 290 g/mol. The summed E-state index contributed by atoms with van der Waals surface area (Å²) in [6, 6.07) is 9.11. The van der Waals surface area contributed by atoms with Crippen molar-refractivity contribution in [1.29, 1.82) is 0 Å². The fraction of sp³-hybridized carbons (Fsp3) is 0.647. The first-order chi connectivity index (χ1) is 9.81. The first-order valence-electron chi connectivity index (χ1n) is 7.95. The minimum Gasteiger partial charge on any atom is -0.370 e. The van der Waals surface area contributed by atoms with Crippen LogP contribution in [0.4, 0.5) is 5.69 Å². The van der Waals surface area contributed by atoms with E-state index in [4.69, 9.17) is 0 Å². The van der Waals surface area contributed by atoms with Crippen LogP contribution in [-0.2, 0) is 0 Å². The summed E-state index contributed by atoms with van der Waals surface area (Å²) in [4.78, 5) is 3.96. The van der Waals surface area contributed by atoms with Crippen molar-refractivity contribution in [2.75, 3.05) is 30.8 Å². The van der Waals surface area contributed by atoms with Crippen molar-refractivity contribution in [3.63, 3.8) is 0 Å². The van der Waals surface area contributed by atoms with Crippen LogP contribution in [-0.4, -0.2) is 31.4 Å². The molecule has 0 radical (unpaired) electrons. The molecule has 0 atom stereocenters. The molecule has 1 saturated carbocycles. The molecule has 110 valence electrons. The average Bonchev–Trinajstić information content (AvgIpc) is 2.71. The van der Waals surface area contributed by atoms with Gasteiger partial charge in [0.05, 0.1) is 0 Å². The highest BCUT2D eigenvalue weighted by atomic mass is 32.2. The van der Waals surface area contributed by atoms with Crippen molar-refractivity contribution in [1.82, 2.24) is 5.32 Å². The second-order valence-electron chi connectivity index (χ2n) is 6.24. The maximum atomic E-state index is 3.87. The van der Waals surface area contributed by atoms with Crippen LogP contribution in [0.1, 0.15) is 38.5 Å². The smallest absolute Gasteiger partial charge is 0.0367 e. The second-order valence-corrected chi connectivity index (χ2v) is 7.12. The van der Waals surface area contributed by atoms with Gasteiger partial charge in [-0.2, -0.15) is 0 Å². The molecule has 1 heterocycles. The Bertz CT molecular complexity index is 423. The largest absolute Gasteiger partial charge is 0.370 e. The molecular formula is C17H26N2S. The lowest BCUT2D eigenvalue weighted by molar-refractivity contribution is 0.246. The van der Waals surface area contributed by atoms with Crippen LogP contribution < -0.4 is 10.2 Å². The lowest BCUT2D eigenvalue weighted by Crippen LogP contribution is -2.52. The Morgan fingerprint density at radius 2 is 1.80 bits per heavy atom. The highest BCUT2D eigenvalue weighted by molar-refractivity contribution is 7.98. The monoisotopic (exact) mass is 290 g/mol. The van der Waals surface area contributed by atoms with Gasteiger partial charge in [0.25, 0.3) is 0 Å². The third-order valence-corrected chi connectivity index (χ3v) is 5.59. The maximum Gasteiger partial charge on any atom is 0.0367 e. The summed E-state index contributed by atoms with van der Waals surface area (Å²) in [7, 11) is 0. The van der Waals surface area contributed by atoms with E-state index in [0.29, 0.717) is 5.54 Å². The molecular weight excluding hydrogens is 264 g/mol. The number of hydrogen-bond acceptors (Lipinski definition) is 3. The van der Waals surface area contributed by atoms with Gasteiger partial charge in [-0.3, -0.25) is 0 Å². The molecule has 20 heavy (non-hydrogen) atoms. The first kappa shape index (κ1) is 14.3. The van der Waals surface area contributed by atoms with Gasteiger partial charge in [-0.1, -0.05) is 19.3 Å². The predicted octanol–water partition coefficient (Wildman–Crippen LogP) is 3.91. The van der Waals surface area contributed by atoms with Gasteiger partial charge in [0.15, 0.2) is 0 Å². The summed E-state index contributed by atoms with van der Waals surface area (Å²) >= 11 is 1.82. The van der Waals surface area contributed by atoms with Crippen LogP contribution in [0.2, 0.25) is 0 Å². The quantitative estimate of drug-likeness (QED) is 0.831. The molecule has 1 N–H and O–H groups in total. The SMILES string of the molecule is CSc1ccc(N2CCCNC3(CCCCC3)C2)cc1. The molecule has 0 aromatic heterocycles. The zero-order chi connectivity index (χ0) is 13.8. The third kappa shape index (κ3) is 3.15. The minimum atomic E-state index is 0.382. The van der Waals surface area contributed by atoms with E-state index in [0.717, 1.165) is 0 Å². The van der Waals surface area contributed by atoms with Gasteiger partial charge >= 0.3 is 0 Å². The zero-order valence-electron chi connectivity index (χ0n) is 12.5. The lowest BCUT2D eigenvalue weighted by Gasteiger charge is -2.40. The summed E-state index contributed by atoms with van der Waals surface area (Å²) in [6.45, 7) is 3.55. The predicted molar refractivity (Wildman–Crippen MR) is 88.9 cm³/mol. The van der Waals surface area contributed by atoms with E-state index < -0.39 is 0 Å². The van der Waals surface area contributed by atoms with Gasteiger partial charge < -0.3 is 10.2 Å². The Kier molecular flexibility index (Phi) is 4.57. The lowest BCUT2D eigenvalue weighted by atomic mass is 9.81. The number of nitrogens with zero attached hydrogens (tertiary/aromatic N) is 1. The third-order valence-electron chi connectivity index (χ3n) is 4.85. The molecule has 0 unspecified atom stereocenters.